The van der Waals surface area contributed by atoms with Crippen LogP contribution in [0.15, 0.2) is 104 Å². The van der Waals surface area contributed by atoms with E-state index >= 15 is 0 Å². The average Bonchev–Trinajstić information content (AvgIpc) is 2.82. The number of hydrogen-bond acceptors (Lipinski definition) is 1. The first-order valence-corrected chi connectivity index (χ1v) is 11.8. The molecule has 0 spiro atoms. The minimum absolute atomic E-state index is 0.00119. The second-order valence-corrected chi connectivity index (χ2v) is 8.70. The van der Waals surface area contributed by atoms with E-state index in [9.17, 15) is 0 Å². The van der Waals surface area contributed by atoms with Gasteiger partial charge in [0.15, 0.2) is 0 Å². The van der Waals surface area contributed by atoms with Crippen LogP contribution in [0.5, 0.6) is 0 Å². The average molecular weight is 411 g/mol. The maximum absolute atomic E-state index is 7.26. The van der Waals surface area contributed by atoms with Crippen LogP contribution in [0.3, 0.4) is 0 Å². The third kappa shape index (κ3) is 4.83. The first-order valence-electron chi connectivity index (χ1n) is 11.8. The number of rotatable bonds is 7. The standard InChI is InChI=1S/C30H34O/c1-2-29(25-17-9-4-3-5-10-18-25)31-30(26-19-11-6-12-20-26,27-21-13-7-14-22-27)28-23-15-8-16-24-28/h2,6-8,11-16,19-25,29H,1,3-5,9-10,17-18H2. The van der Waals surface area contributed by atoms with E-state index in [2.05, 4.69) is 104 Å². The second kappa shape index (κ2) is 10.6. The summed E-state index contributed by atoms with van der Waals surface area (Å²) in [5.74, 6) is 0.508. The molecule has 1 unspecified atom stereocenters. The summed E-state index contributed by atoms with van der Waals surface area (Å²) in [4.78, 5) is 0. The highest BCUT2D eigenvalue weighted by Gasteiger charge is 2.40. The van der Waals surface area contributed by atoms with Gasteiger partial charge in [0.2, 0.25) is 0 Å². The number of benzene rings is 3. The van der Waals surface area contributed by atoms with Crippen molar-refractivity contribution in [2.45, 2.75) is 56.7 Å². The van der Waals surface area contributed by atoms with Crippen molar-refractivity contribution in [3.8, 4) is 0 Å². The smallest absolute Gasteiger partial charge is 0.144 e. The summed E-state index contributed by atoms with van der Waals surface area (Å²) in [6, 6.07) is 32.0. The molecule has 0 amide bonds. The molecule has 3 aromatic rings. The molecular weight excluding hydrogens is 376 g/mol. The highest BCUT2D eigenvalue weighted by atomic mass is 16.5. The molecule has 0 N–H and O–H groups in total. The summed E-state index contributed by atoms with van der Waals surface area (Å²) in [7, 11) is 0. The molecule has 31 heavy (non-hydrogen) atoms. The van der Waals surface area contributed by atoms with Crippen molar-refractivity contribution in [3.63, 3.8) is 0 Å². The zero-order chi connectivity index (χ0) is 21.4. The van der Waals surface area contributed by atoms with Gasteiger partial charge in [0.25, 0.3) is 0 Å². The Morgan fingerprint density at radius 2 is 1.03 bits per heavy atom. The second-order valence-electron chi connectivity index (χ2n) is 8.70. The molecule has 0 saturated heterocycles. The van der Waals surface area contributed by atoms with Gasteiger partial charge < -0.3 is 4.74 Å². The predicted octanol–water partition coefficient (Wildman–Crippen LogP) is 7.91. The van der Waals surface area contributed by atoms with Crippen LogP contribution in [0, 0.1) is 5.92 Å². The van der Waals surface area contributed by atoms with Crippen LogP contribution in [-0.2, 0) is 10.3 Å². The van der Waals surface area contributed by atoms with Crippen molar-refractivity contribution in [1.29, 1.82) is 0 Å². The highest BCUT2D eigenvalue weighted by Crippen LogP contribution is 2.43. The molecule has 3 aromatic carbocycles. The molecule has 0 aliphatic heterocycles. The summed E-state index contributed by atoms with van der Waals surface area (Å²) in [5.41, 5.74) is 2.80. The van der Waals surface area contributed by atoms with E-state index < -0.39 is 5.60 Å². The SMILES string of the molecule is C=CC(OC(c1ccccc1)(c1ccccc1)c1ccccc1)C1CCCCCCC1. The van der Waals surface area contributed by atoms with Gasteiger partial charge in [-0.1, -0.05) is 129 Å². The third-order valence-corrected chi connectivity index (χ3v) is 6.70. The van der Waals surface area contributed by atoms with Gasteiger partial charge >= 0.3 is 0 Å². The van der Waals surface area contributed by atoms with Gasteiger partial charge in [-0.25, -0.2) is 0 Å². The lowest BCUT2D eigenvalue weighted by molar-refractivity contribution is -0.0546. The lowest BCUT2D eigenvalue weighted by Gasteiger charge is -2.40. The molecule has 1 heteroatoms. The normalized spacial score (nSPS) is 16.8. The Hall–Kier alpha value is -2.64. The van der Waals surface area contributed by atoms with Gasteiger partial charge in [-0.15, -0.1) is 6.58 Å². The molecule has 1 aliphatic carbocycles. The van der Waals surface area contributed by atoms with Crippen LogP contribution in [0.4, 0.5) is 0 Å². The molecule has 0 heterocycles. The molecule has 0 aromatic heterocycles. The predicted molar refractivity (Wildman–Crippen MR) is 130 cm³/mol. The maximum Gasteiger partial charge on any atom is 0.144 e. The van der Waals surface area contributed by atoms with E-state index in [1.165, 1.54) is 44.9 Å². The van der Waals surface area contributed by atoms with E-state index in [1.807, 2.05) is 0 Å². The highest BCUT2D eigenvalue weighted by molar-refractivity contribution is 5.47. The van der Waals surface area contributed by atoms with Crippen molar-refractivity contribution in [1.82, 2.24) is 0 Å². The molecule has 1 saturated carbocycles. The fourth-order valence-corrected chi connectivity index (χ4v) is 5.08. The van der Waals surface area contributed by atoms with Crippen LogP contribution in [-0.4, -0.2) is 6.10 Å². The minimum Gasteiger partial charge on any atom is -0.353 e. The van der Waals surface area contributed by atoms with Gasteiger partial charge in [0, 0.05) is 0 Å². The first-order chi connectivity index (χ1) is 15.3. The van der Waals surface area contributed by atoms with Crippen LogP contribution < -0.4 is 0 Å². The molecule has 160 valence electrons. The van der Waals surface area contributed by atoms with Crippen LogP contribution in [0.1, 0.15) is 61.6 Å². The van der Waals surface area contributed by atoms with Gasteiger partial charge in [0.1, 0.15) is 5.60 Å². The zero-order valence-corrected chi connectivity index (χ0v) is 18.5. The lowest BCUT2D eigenvalue weighted by atomic mass is 9.79. The Morgan fingerprint density at radius 3 is 1.42 bits per heavy atom. The summed E-state index contributed by atoms with van der Waals surface area (Å²) >= 11 is 0. The van der Waals surface area contributed by atoms with Crippen molar-refractivity contribution >= 4 is 0 Å². The van der Waals surface area contributed by atoms with Crippen molar-refractivity contribution in [2.24, 2.45) is 5.92 Å². The Bertz CT molecular complexity index is 812. The topological polar surface area (TPSA) is 9.23 Å². The summed E-state index contributed by atoms with van der Waals surface area (Å²) in [6.45, 7) is 4.23. The molecule has 4 rings (SSSR count). The summed E-state index contributed by atoms with van der Waals surface area (Å²) < 4.78 is 7.26. The van der Waals surface area contributed by atoms with Crippen LogP contribution >= 0.6 is 0 Å². The monoisotopic (exact) mass is 410 g/mol. The van der Waals surface area contributed by atoms with Gasteiger partial charge in [-0.05, 0) is 35.4 Å². The van der Waals surface area contributed by atoms with E-state index in [0.717, 1.165) is 16.7 Å². The van der Waals surface area contributed by atoms with Gasteiger partial charge in [-0.3, -0.25) is 0 Å². The van der Waals surface area contributed by atoms with E-state index in [4.69, 9.17) is 4.74 Å². The molecule has 0 bridgehead atoms. The Kier molecular flexibility index (Phi) is 7.38. The largest absolute Gasteiger partial charge is 0.353 e. The first kappa shape index (κ1) is 21.6. The van der Waals surface area contributed by atoms with Crippen molar-refractivity contribution < 1.29 is 4.74 Å². The van der Waals surface area contributed by atoms with Gasteiger partial charge in [0.05, 0.1) is 6.10 Å². The lowest BCUT2D eigenvalue weighted by Crippen LogP contribution is -2.39. The minimum atomic E-state index is -0.676. The molecule has 1 aliphatic rings. The Morgan fingerprint density at radius 1 is 0.645 bits per heavy atom. The Balaban J connectivity index is 1.84. The quantitative estimate of drug-likeness (QED) is 0.284. The fourth-order valence-electron chi connectivity index (χ4n) is 5.08. The van der Waals surface area contributed by atoms with Crippen molar-refractivity contribution in [3.05, 3.63) is 120 Å². The van der Waals surface area contributed by atoms with E-state index in [-0.39, 0.29) is 6.10 Å². The van der Waals surface area contributed by atoms with E-state index in [1.54, 1.807) is 0 Å². The molecule has 1 nitrogen and oxygen atoms in total. The van der Waals surface area contributed by atoms with E-state index in [0.29, 0.717) is 5.92 Å². The summed E-state index contributed by atoms with van der Waals surface area (Å²) in [6.07, 6.45) is 11.1. The maximum atomic E-state index is 7.26. The molecule has 0 radical (unpaired) electrons. The number of ether oxygens (including phenoxy) is 1. The van der Waals surface area contributed by atoms with Crippen LogP contribution in [0.2, 0.25) is 0 Å². The zero-order valence-electron chi connectivity index (χ0n) is 18.5. The third-order valence-electron chi connectivity index (χ3n) is 6.70. The Labute approximate surface area is 187 Å². The molecule has 1 atom stereocenters. The van der Waals surface area contributed by atoms with Crippen molar-refractivity contribution in [2.75, 3.05) is 0 Å². The summed E-state index contributed by atoms with van der Waals surface area (Å²) in [5, 5.41) is 0. The molecular formula is C30H34O. The van der Waals surface area contributed by atoms with Gasteiger partial charge in [-0.2, -0.15) is 0 Å². The van der Waals surface area contributed by atoms with Crippen LogP contribution in [0.25, 0.3) is 0 Å². The number of hydrogen-bond donors (Lipinski definition) is 0. The molecule has 1 fully saturated rings. The fraction of sp³-hybridized carbons (Fsp3) is 0.333.